The van der Waals surface area contributed by atoms with Crippen molar-refractivity contribution in [2.75, 3.05) is 11.5 Å². The molecule has 0 bridgehead atoms. The highest BCUT2D eigenvalue weighted by Gasteiger charge is 2.32. The van der Waals surface area contributed by atoms with E-state index in [-0.39, 0.29) is 30.3 Å². The number of hydrogen-bond acceptors (Lipinski definition) is 6. The number of aromatic nitrogens is 1. The van der Waals surface area contributed by atoms with Gasteiger partial charge in [-0.05, 0) is 33.7 Å². The summed E-state index contributed by atoms with van der Waals surface area (Å²) in [7, 11) is 0. The smallest absolute Gasteiger partial charge is 0.366 e. The van der Waals surface area contributed by atoms with Gasteiger partial charge in [-0.3, -0.25) is 9.69 Å². The number of hydrogen-bond donors (Lipinski definition) is 1. The lowest BCUT2D eigenvalue weighted by Gasteiger charge is -2.25. The molecule has 0 fully saturated rings. The van der Waals surface area contributed by atoms with Crippen LogP contribution in [0.2, 0.25) is 0 Å². The van der Waals surface area contributed by atoms with Gasteiger partial charge in [-0.1, -0.05) is 12.1 Å². The Morgan fingerprint density at radius 3 is 2.88 bits per heavy atom. The molecule has 1 aromatic heterocycles. The number of carbonyl (C=O) groups excluding carboxylic acids is 1. The Labute approximate surface area is 135 Å². The van der Waals surface area contributed by atoms with Gasteiger partial charge < -0.3 is 20.0 Å². The number of nitro groups is 1. The third-order valence-corrected chi connectivity index (χ3v) is 3.43. The second kappa shape index (κ2) is 5.95. The van der Waals surface area contributed by atoms with Crippen molar-refractivity contribution in [1.29, 1.82) is 0 Å². The zero-order valence-electron chi connectivity index (χ0n) is 12.2. The van der Waals surface area contributed by atoms with E-state index in [0.717, 1.165) is 0 Å². The van der Waals surface area contributed by atoms with Crippen LogP contribution in [0.5, 0.6) is 5.75 Å². The molecule has 0 saturated carbocycles. The summed E-state index contributed by atoms with van der Waals surface area (Å²) in [4.78, 5) is 38.5. The quantitative estimate of drug-likeness (QED) is 0.667. The first-order chi connectivity index (χ1) is 11.5. The van der Waals surface area contributed by atoms with Crippen LogP contribution in [-0.2, 0) is 11.3 Å². The van der Waals surface area contributed by atoms with E-state index in [0.29, 0.717) is 5.56 Å². The van der Waals surface area contributed by atoms with Gasteiger partial charge in [-0.15, -0.1) is 0 Å². The molecule has 24 heavy (non-hydrogen) atoms. The Morgan fingerprint density at radius 2 is 2.17 bits per heavy atom. The number of anilines is 1. The van der Waals surface area contributed by atoms with E-state index >= 15 is 0 Å². The molecule has 1 aromatic carbocycles. The molecule has 122 valence electrons. The van der Waals surface area contributed by atoms with Gasteiger partial charge in [0.05, 0.1) is 12.1 Å². The number of benzene rings is 1. The third kappa shape index (κ3) is 2.86. The molecule has 9 nitrogen and oxygen atoms in total. The van der Waals surface area contributed by atoms with Gasteiger partial charge in [0, 0.05) is 6.07 Å². The van der Waals surface area contributed by atoms with Gasteiger partial charge in [0.1, 0.15) is 0 Å². The number of carbonyl (C=O) groups is 2. The van der Waals surface area contributed by atoms with Crippen LogP contribution in [0.3, 0.4) is 0 Å². The van der Waals surface area contributed by atoms with Gasteiger partial charge in [-0.2, -0.15) is 0 Å². The molecule has 0 atom stereocenters. The Kier molecular flexibility index (Phi) is 3.82. The maximum Gasteiger partial charge on any atom is 0.366 e. The molecule has 3 rings (SSSR count). The minimum atomic E-state index is -1.08. The molecule has 1 aliphatic rings. The first-order valence-electron chi connectivity index (χ1n) is 6.86. The Bertz CT molecular complexity index is 851. The van der Waals surface area contributed by atoms with E-state index in [1.54, 1.807) is 12.1 Å². The Hall–Kier alpha value is -3.49. The van der Waals surface area contributed by atoms with Crippen molar-refractivity contribution in [2.24, 2.45) is 0 Å². The maximum absolute atomic E-state index is 12.1. The number of pyridine rings is 1. The molecule has 1 aliphatic heterocycles. The molecule has 0 aliphatic carbocycles. The van der Waals surface area contributed by atoms with Gasteiger partial charge in [-0.25, -0.2) is 4.79 Å². The van der Waals surface area contributed by atoms with Crippen LogP contribution in [0.25, 0.3) is 0 Å². The van der Waals surface area contributed by atoms with Crippen LogP contribution >= 0.6 is 0 Å². The summed E-state index contributed by atoms with van der Waals surface area (Å²) in [6, 6.07) is 8.66. The van der Waals surface area contributed by atoms with Crippen LogP contribution in [0.4, 0.5) is 11.6 Å². The van der Waals surface area contributed by atoms with Crippen molar-refractivity contribution >= 4 is 23.5 Å². The Morgan fingerprint density at radius 1 is 1.38 bits per heavy atom. The average Bonchev–Trinajstić information content (AvgIpc) is 2.57. The number of amides is 1. The molecule has 1 N–H and O–H groups in total. The van der Waals surface area contributed by atoms with E-state index in [9.17, 15) is 19.7 Å². The number of carboxylic acids is 1. The predicted molar refractivity (Wildman–Crippen MR) is 81.0 cm³/mol. The molecule has 2 aromatic rings. The highest BCUT2D eigenvalue weighted by Crippen LogP contribution is 2.33. The summed E-state index contributed by atoms with van der Waals surface area (Å²) >= 11 is 0. The second-order valence-corrected chi connectivity index (χ2v) is 5.02. The van der Waals surface area contributed by atoms with E-state index in [1.165, 1.54) is 29.2 Å². The van der Waals surface area contributed by atoms with Crippen LogP contribution in [0.1, 0.15) is 15.9 Å². The highest BCUT2D eigenvalue weighted by atomic mass is 16.6. The van der Waals surface area contributed by atoms with Gasteiger partial charge in [0.15, 0.2) is 12.4 Å². The van der Waals surface area contributed by atoms with Gasteiger partial charge in [0.25, 0.3) is 11.7 Å². The molecule has 2 heterocycles. The van der Waals surface area contributed by atoms with E-state index in [1.807, 2.05) is 0 Å². The number of aromatic carboxylic acids is 1. The van der Waals surface area contributed by atoms with Crippen molar-refractivity contribution in [3.63, 3.8) is 0 Å². The van der Waals surface area contributed by atoms with Crippen LogP contribution in [-0.4, -0.2) is 33.5 Å². The molecule has 0 spiro atoms. The SMILES string of the molecule is O=C(O)c1cccc(CN2C(=O)COc3ccc([N+](=O)[O-])nc32)c1. The van der Waals surface area contributed by atoms with E-state index in [2.05, 4.69) is 4.98 Å². The van der Waals surface area contributed by atoms with Gasteiger partial charge >= 0.3 is 11.8 Å². The number of fused-ring (bicyclic) bond motifs is 1. The Balaban J connectivity index is 1.98. The van der Waals surface area contributed by atoms with Crippen molar-refractivity contribution in [2.45, 2.75) is 6.54 Å². The van der Waals surface area contributed by atoms with Crippen LogP contribution < -0.4 is 9.64 Å². The van der Waals surface area contributed by atoms with Crippen LogP contribution in [0, 0.1) is 10.1 Å². The standard InChI is InChI=1S/C15H11N3O6/c19-13-8-24-11-4-5-12(18(22)23)16-14(11)17(13)7-9-2-1-3-10(6-9)15(20)21/h1-6H,7-8H2,(H,20,21). The maximum atomic E-state index is 12.1. The third-order valence-electron chi connectivity index (χ3n) is 3.43. The first-order valence-corrected chi connectivity index (χ1v) is 6.86. The molecular formula is C15H11N3O6. The van der Waals surface area contributed by atoms with Crippen molar-refractivity contribution < 1.29 is 24.4 Å². The van der Waals surface area contributed by atoms with Crippen molar-refractivity contribution in [1.82, 2.24) is 4.98 Å². The lowest BCUT2D eigenvalue weighted by atomic mass is 10.1. The molecule has 0 radical (unpaired) electrons. The molecule has 0 unspecified atom stereocenters. The average molecular weight is 329 g/mol. The zero-order valence-corrected chi connectivity index (χ0v) is 12.2. The summed E-state index contributed by atoms with van der Waals surface area (Å²) in [6.45, 7) is -0.185. The fourth-order valence-electron chi connectivity index (χ4n) is 2.32. The summed E-state index contributed by atoms with van der Waals surface area (Å²) in [5.41, 5.74) is 0.643. The number of nitrogens with zero attached hydrogens (tertiary/aromatic N) is 3. The summed E-state index contributed by atoms with van der Waals surface area (Å²) in [5.74, 6) is -1.61. The van der Waals surface area contributed by atoms with Crippen LogP contribution in [0.15, 0.2) is 36.4 Å². The fourth-order valence-corrected chi connectivity index (χ4v) is 2.32. The lowest BCUT2D eigenvalue weighted by molar-refractivity contribution is -0.389. The topological polar surface area (TPSA) is 123 Å². The monoisotopic (exact) mass is 329 g/mol. The number of carboxylic acid groups (broad SMARTS) is 1. The molecule has 9 heteroatoms. The molecule has 0 saturated heterocycles. The summed E-state index contributed by atoms with van der Waals surface area (Å²) in [5, 5.41) is 19.9. The van der Waals surface area contributed by atoms with E-state index in [4.69, 9.17) is 9.84 Å². The number of ether oxygens (including phenoxy) is 1. The minimum absolute atomic E-state index is 0.0322. The summed E-state index contributed by atoms with van der Waals surface area (Å²) in [6.07, 6.45) is 0. The molecular weight excluding hydrogens is 318 g/mol. The van der Waals surface area contributed by atoms with E-state index < -0.39 is 22.6 Å². The van der Waals surface area contributed by atoms with Gasteiger partial charge in [0.2, 0.25) is 0 Å². The fraction of sp³-hybridized carbons (Fsp3) is 0.133. The lowest BCUT2D eigenvalue weighted by Crippen LogP contribution is -2.39. The second-order valence-electron chi connectivity index (χ2n) is 5.02. The predicted octanol–water partition coefficient (Wildman–Crippen LogP) is 1.61. The largest absolute Gasteiger partial charge is 0.478 e. The highest BCUT2D eigenvalue weighted by molar-refractivity contribution is 5.96. The first kappa shape index (κ1) is 15.4. The number of rotatable bonds is 4. The van der Waals surface area contributed by atoms with Crippen molar-refractivity contribution in [3.8, 4) is 5.75 Å². The minimum Gasteiger partial charge on any atom is -0.478 e. The van der Waals surface area contributed by atoms with Crippen molar-refractivity contribution in [3.05, 3.63) is 57.6 Å². The summed E-state index contributed by atoms with van der Waals surface area (Å²) < 4.78 is 5.23. The molecule has 1 amide bonds. The zero-order chi connectivity index (χ0) is 17.3. The normalized spacial score (nSPS) is 13.2.